The van der Waals surface area contributed by atoms with E-state index in [-0.39, 0.29) is 5.92 Å². The minimum absolute atomic E-state index is 0.156. The second kappa shape index (κ2) is 7.93. The van der Waals surface area contributed by atoms with E-state index in [0.717, 1.165) is 16.7 Å². The van der Waals surface area contributed by atoms with Crippen LogP contribution >= 0.6 is 0 Å². The zero-order valence-electron chi connectivity index (χ0n) is 13.2. The van der Waals surface area contributed by atoms with Crippen LogP contribution in [-0.4, -0.2) is 17.4 Å². The lowest BCUT2D eigenvalue weighted by molar-refractivity contribution is 0.106. The SMILES string of the molecule is OB(O)OC(c1ccccc1)C(c1ccccc1)c1ccccc1. The molecule has 0 bridgehead atoms. The van der Waals surface area contributed by atoms with E-state index in [0.29, 0.717) is 0 Å². The van der Waals surface area contributed by atoms with Gasteiger partial charge < -0.3 is 14.7 Å². The largest absolute Gasteiger partial charge is 0.634 e. The molecule has 0 aliphatic carbocycles. The van der Waals surface area contributed by atoms with Gasteiger partial charge in [-0.25, -0.2) is 0 Å². The lowest BCUT2D eigenvalue weighted by Gasteiger charge is -2.29. The van der Waals surface area contributed by atoms with Crippen molar-refractivity contribution in [1.29, 1.82) is 0 Å². The first-order valence-corrected chi connectivity index (χ1v) is 7.92. The molecule has 3 aromatic carbocycles. The van der Waals surface area contributed by atoms with E-state index in [2.05, 4.69) is 0 Å². The highest BCUT2D eigenvalue weighted by Gasteiger charge is 2.30. The zero-order valence-corrected chi connectivity index (χ0v) is 13.2. The lowest BCUT2D eigenvalue weighted by Crippen LogP contribution is -2.25. The molecule has 1 unspecified atom stereocenters. The van der Waals surface area contributed by atoms with Crippen LogP contribution in [0.5, 0.6) is 0 Å². The number of hydrogen-bond acceptors (Lipinski definition) is 3. The third kappa shape index (κ3) is 3.92. The van der Waals surface area contributed by atoms with Gasteiger partial charge in [0.2, 0.25) is 0 Å². The van der Waals surface area contributed by atoms with Gasteiger partial charge in [0.25, 0.3) is 0 Å². The maximum atomic E-state index is 9.46. The fourth-order valence-corrected chi connectivity index (χ4v) is 2.99. The molecule has 0 aliphatic rings. The van der Waals surface area contributed by atoms with Gasteiger partial charge in [-0.2, -0.15) is 0 Å². The first-order chi connectivity index (χ1) is 11.8. The Morgan fingerprint density at radius 3 is 1.33 bits per heavy atom. The molecule has 0 aliphatic heterocycles. The molecular formula is C20H19BO3. The minimum Gasteiger partial charge on any atom is -0.402 e. The Kier molecular flexibility index (Phi) is 5.44. The van der Waals surface area contributed by atoms with Gasteiger partial charge in [0, 0.05) is 5.92 Å². The summed E-state index contributed by atoms with van der Waals surface area (Å²) in [4.78, 5) is 0. The van der Waals surface area contributed by atoms with Crippen LogP contribution in [0.2, 0.25) is 0 Å². The third-order valence-electron chi connectivity index (χ3n) is 4.02. The van der Waals surface area contributed by atoms with Gasteiger partial charge in [-0.3, -0.25) is 0 Å². The summed E-state index contributed by atoms with van der Waals surface area (Å²) in [6, 6.07) is 29.6. The average Bonchev–Trinajstić information content (AvgIpc) is 2.63. The number of benzene rings is 3. The molecule has 0 saturated carbocycles. The van der Waals surface area contributed by atoms with Crippen molar-refractivity contribution >= 4 is 7.32 Å². The average molecular weight is 318 g/mol. The second-order valence-corrected chi connectivity index (χ2v) is 5.59. The van der Waals surface area contributed by atoms with Crippen molar-refractivity contribution in [2.24, 2.45) is 0 Å². The lowest BCUT2D eigenvalue weighted by atomic mass is 9.83. The summed E-state index contributed by atoms with van der Waals surface area (Å²) in [5.41, 5.74) is 3.00. The standard InChI is InChI=1S/C20H19BO3/c22-21(23)24-20(18-14-8-3-9-15-18)19(16-10-4-1-5-11-16)17-12-6-2-7-13-17/h1-15,19-20,22-23H. The van der Waals surface area contributed by atoms with Crippen molar-refractivity contribution in [2.75, 3.05) is 0 Å². The summed E-state index contributed by atoms with van der Waals surface area (Å²) in [7, 11) is -1.84. The van der Waals surface area contributed by atoms with Crippen LogP contribution in [0.4, 0.5) is 0 Å². The molecule has 0 amide bonds. The van der Waals surface area contributed by atoms with E-state index < -0.39 is 13.4 Å². The smallest absolute Gasteiger partial charge is 0.402 e. The molecular weight excluding hydrogens is 299 g/mol. The second-order valence-electron chi connectivity index (χ2n) is 5.59. The Morgan fingerprint density at radius 2 is 0.958 bits per heavy atom. The van der Waals surface area contributed by atoms with Crippen molar-refractivity contribution in [3.05, 3.63) is 108 Å². The molecule has 3 aromatic rings. The third-order valence-corrected chi connectivity index (χ3v) is 4.02. The Bertz CT molecular complexity index is 693. The maximum absolute atomic E-state index is 9.46. The molecule has 24 heavy (non-hydrogen) atoms. The molecule has 120 valence electrons. The van der Waals surface area contributed by atoms with Crippen molar-refractivity contribution in [3.63, 3.8) is 0 Å². The Balaban J connectivity index is 2.10. The normalized spacial score (nSPS) is 12.1. The molecule has 0 spiro atoms. The van der Waals surface area contributed by atoms with Gasteiger partial charge >= 0.3 is 7.32 Å². The first kappa shape index (κ1) is 16.5. The predicted molar refractivity (Wildman–Crippen MR) is 95.2 cm³/mol. The molecule has 0 saturated heterocycles. The molecule has 3 rings (SSSR count). The molecule has 1 atom stereocenters. The van der Waals surface area contributed by atoms with Gasteiger partial charge in [0.15, 0.2) is 0 Å². The van der Waals surface area contributed by atoms with Crippen LogP contribution in [0.3, 0.4) is 0 Å². The highest BCUT2D eigenvalue weighted by Crippen LogP contribution is 2.39. The fourth-order valence-electron chi connectivity index (χ4n) is 2.99. The number of hydrogen-bond donors (Lipinski definition) is 2. The van der Waals surface area contributed by atoms with Gasteiger partial charge in [0.05, 0.1) is 6.10 Å². The van der Waals surface area contributed by atoms with Gasteiger partial charge in [-0.15, -0.1) is 0 Å². The first-order valence-electron chi connectivity index (χ1n) is 7.92. The summed E-state index contributed by atoms with van der Waals surface area (Å²) in [5.74, 6) is -0.156. The summed E-state index contributed by atoms with van der Waals surface area (Å²) in [6.45, 7) is 0. The fraction of sp³-hybridized carbons (Fsp3) is 0.100. The molecule has 0 heterocycles. The Labute approximate surface area is 142 Å². The van der Waals surface area contributed by atoms with E-state index in [4.69, 9.17) is 4.65 Å². The zero-order chi connectivity index (χ0) is 16.8. The molecule has 0 radical (unpaired) electrons. The van der Waals surface area contributed by atoms with Crippen molar-refractivity contribution in [1.82, 2.24) is 0 Å². The van der Waals surface area contributed by atoms with Crippen LogP contribution in [0.1, 0.15) is 28.7 Å². The molecule has 2 N–H and O–H groups in total. The summed E-state index contributed by atoms with van der Waals surface area (Å²) in [6.07, 6.45) is -0.518. The van der Waals surface area contributed by atoms with Crippen molar-refractivity contribution in [3.8, 4) is 0 Å². The molecule has 0 fully saturated rings. The van der Waals surface area contributed by atoms with Crippen LogP contribution in [0.15, 0.2) is 91.0 Å². The van der Waals surface area contributed by atoms with Crippen LogP contribution in [0, 0.1) is 0 Å². The van der Waals surface area contributed by atoms with Crippen LogP contribution in [0.25, 0.3) is 0 Å². The van der Waals surface area contributed by atoms with Crippen LogP contribution < -0.4 is 0 Å². The summed E-state index contributed by atoms with van der Waals surface area (Å²) >= 11 is 0. The van der Waals surface area contributed by atoms with E-state index in [1.807, 2.05) is 91.0 Å². The monoisotopic (exact) mass is 318 g/mol. The quantitative estimate of drug-likeness (QED) is 0.684. The topological polar surface area (TPSA) is 49.7 Å². The van der Waals surface area contributed by atoms with E-state index in [9.17, 15) is 10.0 Å². The van der Waals surface area contributed by atoms with E-state index >= 15 is 0 Å². The van der Waals surface area contributed by atoms with E-state index in [1.54, 1.807) is 0 Å². The van der Waals surface area contributed by atoms with Crippen molar-refractivity contribution in [2.45, 2.75) is 12.0 Å². The van der Waals surface area contributed by atoms with Crippen molar-refractivity contribution < 1.29 is 14.7 Å². The maximum Gasteiger partial charge on any atom is 0.634 e. The molecule has 4 heteroatoms. The highest BCUT2D eigenvalue weighted by atomic mass is 16.6. The number of rotatable bonds is 6. The Morgan fingerprint density at radius 1 is 0.583 bits per heavy atom. The highest BCUT2D eigenvalue weighted by molar-refractivity contribution is 6.32. The summed E-state index contributed by atoms with van der Waals surface area (Å²) in [5, 5.41) is 18.9. The minimum atomic E-state index is -1.84. The summed E-state index contributed by atoms with van der Waals surface area (Å²) < 4.78 is 5.52. The predicted octanol–water partition coefficient (Wildman–Crippen LogP) is 3.55. The Hall–Kier alpha value is -2.40. The van der Waals surface area contributed by atoms with Crippen LogP contribution in [-0.2, 0) is 4.65 Å². The van der Waals surface area contributed by atoms with Gasteiger partial charge in [0.1, 0.15) is 0 Å². The van der Waals surface area contributed by atoms with Gasteiger partial charge in [-0.1, -0.05) is 91.0 Å². The van der Waals surface area contributed by atoms with E-state index in [1.165, 1.54) is 0 Å². The molecule has 3 nitrogen and oxygen atoms in total. The van der Waals surface area contributed by atoms with Gasteiger partial charge in [-0.05, 0) is 16.7 Å². The molecule has 0 aromatic heterocycles.